The Morgan fingerprint density at radius 2 is 1.50 bits per heavy atom. The van der Waals surface area contributed by atoms with Crippen LogP contribution in [0.15, 0.2) is 60.8 Å². The van der Waals surface area contributed by atoms with Crippen molar-refractivity contribution in [1.29, 1.82) is 0 Å². The summed E-state index contributed by atoms with van der Waals surface area (Å²) in [4.78, 5) is 25.7. The lowest BCUT2D eigenvalue weighted by atomic mass is 10.2. The van der Waals surface area contributed by atoms with Gasteiger partial charge in [-0.3, -0.25) is 9.78 Å². The first-order valence-corrected chi connectivity index (χ1v) is 8.12. The fourth-order valence-corrected chi connectivity index (χ4v) is 3.00. The highest BCUT2D eigenvalue weighted by Crippen LogP contribution is 2.17. The van der Waals surface area contributed by atoms with Gasteiger partial charge in [0.2, 0.25) is 0 Å². The maximum atomic E-state index is 12.5. The molecule has 0 N–H and O–H groups in total. The number of anilines is 1. The molecule has 3 aromatic rings. The smallest absolute Gasteiger partial charge is 0.253 e. The first-order valence-electron chi connectivity index (χ1n) is 8.12. The lowest BCUT2D eigenvalue weighted by molar-refractivity contribution is 0.0746. The molecule has 2 heterocycles. The summed E-state index contributed by atoms with van der Waals surface area (Å²) in [5, 5.41) is 0. The first kappa shape index (κ1) is 14.6. The lowest BCUT2D eigenvalue weighted by Gasteiger charge is -2.35. The van der Waals surface area contributed by atoms with Crippen molar-refractivity contribution in [3.05, 3.63) is 66.4 Å². The standard InChI is InChI=1S/C19H18N4O/c24-19(15-6-2-1-3-7-15)23-12-10-22(11-13-23)18-14-20-16-8-4-5-9-17(16)21-18/h1-9,14H,10-13H2. The number of rotatable bonds is 2. The maximum Gasteiger partial charge on any atom is 0.253 e. The third kappa shape index (κ3) is 2.80. The van der Waals surface area contributed by atoms with Crippen LogP contribution in [0.25, 0.3) is 11.0 Å². The summed E-state index contributed by atoms with van der Waals surface area (Å²) < 4.78 is 0. The van der Waals surface area contributed by atoms with E-state index in [2.05, 4.69) is 14.9 Å². The summed E-state index contributed by atoms with van der Waals surface area (Å²) >= 11 is 0. The summed E-state index contributed by atoms with van der Waals surface area (Å²) in [6, 6.07) is 17.3. The van der Waals surface area contributed by atoms with Gasteiger partial charge in [-0.25, -0.2) is 4.98 Å². The van der Waals surface area contributed by atoms with Gasteiger partial charge in [-0.15, -0.1) is 0 Å². The molecule has 5 nitrogen and oxygen atoms in total. The fourth-order valence-electron chi connectivity index (χ4n) is 3.00. The molecule has 1 aromatic heterocycles. The molecule has 1 aliphatic heterocycles. The van der Waals surface area contributed by atoms with Gasteiger partial charge in [0.05, 0.1) is 17.2 Å². The molecule has 1 fully saturated rings. The van der Waals surface area contributed by atoms with Gasteiger partial charge in [-0.05, 0) is 24.3 Å². The van der Waals surface area contributed by atoms with Crippen LogP contribution in [0.1, 0.15) is 10.4 Å². The van der Waals surface area contributed by atoms with Crippen LogP contribution in [-0.2, 0) is 0 Å². The molecule has 0 saturated carbocycles. The van der Waals surface area contributed by atoms with Crippen LogP contribution >= 0.6 is 0 Å². The van der Waals surface area contributed by atoms with E-state index in [9.17, 15) is 4.79 Å². The highest BCUT2D eigenvalue weighted by molar-refractivity contribution is 5.94. The monoisotopic (exact) mass is 318 g/mol. The zero-order chi connectivity index (χ0) is 16.4. The summed E-state index contributed by atoms with van der Waals surface area (Å²) in [5.41, 5.74) is 2.55. The number of carbonyl (C=O) groups excluding carboxylic acids is 1. The molecule has 0 bridgehead atoms. The topological polar surface area (TPSA) is 49.3 Å². The SMILES string of the molecule is O=C(c1ccccc1)N1CCN(c2cnc3ccccc3n2)CC1. The van der Waals surface area contributed by atoms with E-state index in [1.807, 2.05) is 65.7 Å². The molecule has 0 aliphatic carbocycles. The Labute approximate surface area is 140 Å². The van der Waals surface area contributed by atoms with E-state index < -0.39 is 0 Å². The van der Waals surface area contributed by atoms with Gasteiger partial charge in [0.1, 0.15) is 5.82 Å². The molecule has 1 aliphatic rings. The minimum Gasteiger partial charge on any atom is -0.352 e. The average molecular weight is 318 g/mol. The minimum atomic E-state index is 0.0971. The lowest BCUT2D eigenvalue weighted by Crippen LogP contribution is -2.49. The van der Waals surface area contributed by atoms with Crippen molar-refractivity contribution in [2.24, 2.45) is 0 Å². The third-order valence-corrected chi connectivity index (χ3v) is 4.35. The molecule has 5 heteroatoms. The van der Waals surface area contributed by atoms with Crippen LogP contribution in [0.4, 0.5) is 5.82 Å². The highest BCUT2D eigenvalue weighted by atomic mass is 16.2. The molecule has 0 atom stereocenters. The van der Waals surface area contributed by atoms with Gasteiger partial charge in [0.25, 0.3) is 5.91 Å². The van der Waals surface area contributed by atoms with Crippen molar-refractivity contribution >= 4 is 22.8 Å². The van der Waals surface area contributed by atoms with Gasteiger partial charge in [0.15, 0.2) is 0 Å². The zero-order valence-corrected chi connectivity index (χ0v) is 13.3. The van der Waals surface area contributed by atoms with Gasteiger partial charge < -0.3 is 9.80 Å². The second-order valence-corrected chi connectivity index (χ2v) is 5.86. The van der Waals surface area contributed by atoms with Gasteiger partial charge >= 0.3 is 0 Å². The number of fused-ring (bicyclic) bond motifs is 1. The molecule has 0 radical (unpaired) electrons. The summed E-state index contributed by atoms with van der Waals surface area (Å²) in [5.74, 6) is 0.973. The Morgan fingerprint density at radius 3 is 2.25 bits per heavy atom. The number of amides is 1. The van der Waals surface area contributed by atoms with E-state index in [1.54, 1.807) is 0 Å². The van der Waals surface area contributed by atoms with Crippen LogP contribution in [0.5, 0.6) is 0 Å². The molecule has 2 aromatic carbocycles. The van der Waals surface area contributed by atoms with Crippen molar-refractivity contribution in [1.82, 2.24) is 14.9 Å². The molecule has 24 heavy (non-hydrogen) atoms. The van der Waals surface area contributed by atoms with Crippen molar-refractivity contribution < 1.29 is 4.79 Å². The van der Waals surface area contributed by atoms with Gasteiger partial charge in [-0.2, -0.15) is 0 Å². The van der Waals surface area contributed by atoms with E-state index in [0.717, 1.165) is 35.5 Å². The zero-order valence-electron chi connectivity index (χ0n) is 13.3. The second kappa shape index (κ2) is 6.28. The predicted octanol–water partition coefficient (Wildman–Crippen LogP) is 2.59. The van der Waals surface area contributed by atoms with E-state index in [1.165, 1.54) is 0 Å². The number of carbonyl (C=O) groups is 1. The van der Waals surface area contributed by atoms with Crippen molar-refractivity contribution in [2.45, 2.75) is 0 Å². The van der Waals surface area contributed by atoms with Gasteiger partial charge in [0, 0.05) is 31.7 Å². The number of para-hydroxylation sites is 2. The van der Waals surface area contributed by atoms with Crippen molar-refractivity contribution in [3.8, 4) is 0 Å². The number of nitrogens with zero attached hydrogens (tertiary/aromatic N) is 4. The van der Waals surface area contributed by atoms with Crippen LogP contribution in [0, 0.1) is 0 Å². The summed E-state index contributed by atoms with van der Waals surface area (Å²) in [7, 11) is 0. The van der Waals surface area contributed by atoms with Crippen LogP contribution in [0.3, 0.4) is 0 Å². The Morgan fingerprint density at radius 1 is 0.833 bits per heavy atom. The van der Waals surface area contributed by atoms with Crippen molar-refractivity contribution in [3.63, 3.8) is 0 Å². The van der Waals surface area contributed by atoms with Gasteiger partial charge in [-0.1, -0.05) is 30.3 Å². The molecular formula is C19H18N4O. The summed E-state index contributed by atoms with van der Waals surface area (Å²) in [6.45, 7) is 2.93. The van der Waals surface area contributed by atoms with E-state index in [0.29, 0.717) is 13.1 Å². The number of benzene rings is 2. The van der Waals surface area contributed by atoms with Crippen molar-refractivity contribution in [2.75, 3.05) is 31.1 Å². The van der Waals surface area contributed by atoms with E-state index >= 15 is 0 Å². The number of hydrogen-bond donors (Lipinski definition) is 0. The fraction of sp³-hybridized carbons (Fsp3) is 0.211. The number of aromatic nitrogens is 2. The Kier molecular flexibility index (Phi) is 3.83. The van der Waals surface area contributed by atoms with E-state index in [4.69, 9.17) is 0 Å². The molecule has 120 valence electrons. The summed E-state index contributed by atoms with van der Waals surface area (Å²) in [6.07, 6.45) is 1.82. The largest absolute Gasteiger partial charge is 0.352 e. The second-order valence-electron chi connectivity index (χ2n) is 5.86. The Balaban J connectivity index is 1.46. The molecule has 0 unspecified atom stereocenters. The number of piperazine rings is 1. The third-order valence-electron chi connectivity index (χ3n) is 4.35. The van der Waals surface area contributed by atoms with Crippen LogP contribution < -0.4 is 4.90 Å². The Hall–Kier alpha value is -2.95. The Bertz CT molecular complexity index is 857. The average Bonchev–Trinajstić information content (AvgIpc) is 2.68. The molecular weight excluding hydrogens is 300 g/mol. The van der Waals surface area contributed by atoms with E-state index in [-0.39, 0.29) is 5.91 Å². The number of hydrogen-bond acceptors (Lipinski definition) is 4. The first-order chi connectivity index (χ1) is 11.8. The van der Waals surface area contributed by atoms with Crippen LogP contribution in [-0.4, -0.2) is 47.0 Å². The minimum absolute atomic E-state index is 0.0971. The molecule has 1 saturated heterocycles. The normalized spacial score (nSPS) is 14.8. The maximum absolute atomic E-state index is 12.5. The highest BCUT2D eigenvalue weighted by Gasteiger charge is 2.22. The quantitative estimate of drug-likeness (QED) is 0.729. The predicted molar refractivity (Wildman–Crippen MR) is 94.1 cm³/mol. The van der Waals surface area contributed by atoms with Crippen LogP contribution in [0.2, 0.25) is 0 Å². The molecule has 4 rings (SSSR count). The molecule has 1 amide bonds. The molecule has 0 spiro atoms.